The summed E-state index contributed by atoms with van der Waals surface area (Å²) in [6.45, 7) is 0. The molecular formula is C21H21N3O3. The molecular weight excluding hydrogens is 342 g/mol. The summed E-state index contributed by atoms with van der Waals surface area (Å²) < 4.78 is 6.56. The van der Waals surface area contributed by atoms with Gasteiger partial charge in [0.25, 0.3) is 5.91 Å². The number of hydrogen-bond donors (Lipinski definition) is 1. The molecule has 0 radical (unpaired) electrons. The van der Waals surface area contributed by atoms with Crippen LogP contribution in [0.2, 0.25) is 0 Å². The molecule has 3 aromatic rings. The first-order valence-electron chi connectivity index (χ1n) is 8.60. The van der Waals surface area contributed by atoms with E-state index < -0.39 is 12.0 Å². The highest BCUT2D eigenvalue weighted by molar-refractivity contribution is 5.96. The second-order valence-corrected chi connectivity index (χ2v) is 6.13. The zero-order chi connectivity index (χ0) is 19.2. The SMILES string of the molecule is COC(=O)[C@H](Cc1ccccc1)NC(=O)c1cnc(-c2ccccc2)n1C. The fourth-order valence-corrected chi connectivity index (χ4v) is 2.89. The summed E-state index contributed by atoms with van der Waals surface area (Å²) in [5.41, 5.74) is 2.21. The predicted molar refractivity (Wildman–Crippen MR) is 102 cm³/mol. The third-order valence-corrected chi connectivity index (χ3v) is 4.33. The van der Waals surface area contributed by atoms with Crippen LogP contribution in [0.5, 0.6) is 0 Å². The third-order valence-electron chi connectivity index (χ3n) is 4.33. The zero-order valence-electron chi connectivity index (χ0n) is 15.3. The van der Waals surface area contributed by atoms with Gasteiger partial charge in [0.1, 0.15) is 17.6 Å². The van der Waals surface area contributed by atoms with Crippen molar-refractivity contribution in [2.24, 2.45) is 7.05 Å². The molecule has 6 nitrogen and oxygen atoms in total. The van der Waals surface area contributed by atoms with Gasteiger partial charge in [-0.2, -0.15) is 0 Å². The number of rotatable bonds is 6. The van der Waals surface area contributed by atoms with Gasteiger partial charge >= 0.3 is 5.97 Å². The number of benzene rings is 2. The van der Waals surface area contributed by atoms with Crippen molar-refractivity contribution in [1.29, 1.82) is 0 Å². The molecule has 6 heteroatoms. The van der Waals surface area contributed by atoms with E-state index in [2.05, 4.69) is 10.3 Å². The van der Waals surface area contributed by atoms with Crippen molar-refractivity contribution in [3.63, 3.8) is 0 Å². The molecule has 2 aromatic carbocycles. The van der Waals surface area contributed by atoms with E-state index in [4.69, 9.17) is 4.74 Å². The molecule has 0 fully saturated rings. The number of carbonyl (C=O) groups excluding carboxylic acids is 2. The molecule has 1 aromatic heterocycles. The van der Waals surface area contributed by atoms with E-state index in [1.165, 1.54) is 13.3 Å². The molecule has 0 aliphatic carbocycles. The number of hydrogen-bond acceptors (Lipinski definition) is 4. The van der Waals surface area contributed by atoms with Gasteiger partial charge in [0, 0.05) is 19.0 Å². The Morgan fingerprint density at radius 3 is 2.33 bits per heavy atom. The number of aromatic nitrogens is 2. The molecule has 1 atom stereocenters. The Hall–Kier alpha value is -3.41. The largest absolute Gasteiger partial charge is 0.467 e. The minimum absolute atomic E-state index is 0.350. The number of carbonyl (C=O) groups is 2. The topological polar surface area (TPSA) is 73.2 Å². The Kier molecular flexibility index (Phi) is 5.66. The van der Waals surface area contributed by atoms with Crippen molar-refractivity contribution in [1.82, 2.24) is 14.9 Å². The average molecular weight is 363 g/mol. The maximum Gasteiger partial charge on any atom is 0.328 e. The van der Waals surface area contributed by atoms with Crippen molar-refractivity contribution in [3.8, 4) is 11.4 Å². The van der Waals surface area contributed by atoms with Crippen LogP contribution in [-0.2, 0) is 23.0 Å². The lowest BCUT2D eigenvalue weighted by Crippen LogP contribution is -2.43. The lowest BCUT2D eigenvalue weighted by atomic mass is 10.1. The van der Waals surface area contributed by atoms with Gasteiger partial charge in [-0.1, -0.05) is 60.7 Å². The van der Waals surface area contributed by atoms with Crippen molar-refractivity contribution in [2.45, 2.75) is 12.5 Å². The molecule has 1 heterocycles. The minimum atomic E-state index is -0.778. The van der Waals surface area contributed by atoms with Crippen LogP contribution in [0.4, 0.5) is 0 Å². The van der Waals surface area contributed by atoms with Crippen molar-refractivity contribution < 1.29 is 14.3 Å². The molecule has 0 bridgehead atoms. The van der Waals surface area contributed by atoms with E-state index in [-0.39, 0.29) is 5.91 Å². The molecule has 0 saturated carbocycles. The number of esters is 1. The fourth-order valence-electron chi connectivity index (χ4n) is 2.89. The van der Waals surface area contributed by atoms with Crippen LogP contribution in [-0.4, -0.2) is 34.6 Å². The molecule has 0 aliphatic heterocycles. The third kappa shape index (κ3) is 4.23. The molecule has 3 rings (SSSR count). The molecule has 0 saturated heterocycles. The van der Waals surface area contributed by atoms with Crippen LogP contribution >= 0.6 is 0 Å². The molecule has 0 spiro atoms. The summed E-state index contributed by atoms with van der Waals surface area (Å²) in [4.78, 5) is 29.2. The number of nitrogens with zero attached hydrogens (tertiary/aromatic N) is 2. The van der Waals surface area contributed by atoms with Gasteiger partial charge in [-0.25, -0.2) is 9.78 Å². The first-order chi connectivity index (χ1) is 13.1. The average Bonchev–Trinajstić information content (AvgIpc) is 3.09. The number of amides is 1. The van der Waals surface area contributed by atoms with Gasteiger partial charge in [-0.3, -0.25) is 4.79 Å². The lowest BCUT2D eigenvalue weighted by molar-refractivity contribution is -0.142. The van der Waals surface area contributed by atoms with E-state index in [9.17, 15) is 9.59 Å². The first kappa shape index (κ1) is 18.4. The maximum atomic E-state index is 12.8. The van der Waals surface area contributed by atoms with Gasteiger partial charge in [0.2, 0.25) is 0 Å². The Balaban J connectivity index is 1.80. The molecule has 1 amide bonds. The summed E-state index contributed by atoms with van der Waals surface area (Å²) in [6.07, 6.45) is 1.86. The van der Waals surface area contributed by atoms with Crippen molar-refractivity contribution in [3.05, 3.63) is 78.1 Å². The lowest BCUT2D eigenvalue weighted by Gasteiger charge is -2.17. The first-order valence-corrected chi connectivity index (χ1v) is 8.60. The van der Waals surface area contributed by atoms with Crippen molar-refractivity contribution in [2.75, 3.05) is 7.11 Å². The van der Waals surface area contributed by atoms with Gasteiger partial charge in [-0.05, 0) is 5.56 Å². The Morgan fingerprint density at radius 2 is 1.70 bits per heavy atom. The van der Waals surface area contributed by atoms with E-state index in [0.29, 0.717) is 17.9 Å². The Bertz CT molecular complexity index is 920. The number of nitrogens with one attached hydrogen (secondary N) is 1. The molecule has 138 valence electrons. The Labute approximate surface area is 157 Å². The standard InChI is InChI=1S/C21H21N3O3/c1-24-18(14-22-19(24)16-11-7-4-8-12-16)20(25)23-17(21(26)27-2)13-15-9-5-3-6-10-15/h3-12,14,17H,13H2,1-2H3,(H,23,25)/t17-/m0/s1. The second-order valence-electron chi connectivity index (χ2n) is 6.13. The molecule has 0 unspecified atom stereocenters. The fraction of sp³-hybridized carbons (Fsp3) is 0.190. The summed E-state index contributed by atoms with van der Waals surface area (Å²) in [6, 6.07) is 18.3. The van der Waals surface area contributed by atoms with Gasteiger partial charge in [0.05, 0.1) is 13.3 Å². The van der Waals surface area contributed by atoms with Crippen LogP contribution in [0.25, 0.3) is 11.4 Å². The summed E-state index contributed by atoms with van der Waals surface area (Å²) in [5.74, 6) is -0.186. The van der Waals surface area contributed by atoms with E-state index in [0.717, 1.165) is 11.1 Å². The quantitative estimate of drug-likeness (QED) is 0.683. The number of methoxy groups -OCH3 is 1. The van der Waals surface area contributed by atoms with Crippen LogP contribution in [0.1, 0.15) is 16.1 Å². The summed E-state index contributed by atoms with van der Waals surface area (Å²) >= 11 is 0. The summed E-state index contributed by atoms with van der Waals surface area (Å²) in [5, 5.41) is 2.76. The normalized spacial score (nSPS) is 11.6. The second kappa shape index (κ2) is 8.31. The van der Waals surface area contributed by atoms with Crippen molar-refractivity contribution >= 4 is 11.9 Å². The van der Waals surface area contributed by atoms with Gasteiger partial charge < -0.3 is 14.6 Å². The van der Waals surface area contributed by atoms with Crippen LogP contribution in [0, 0.1) is 0 Å². The number of ether oxygens (including phenoxy) is 1. The highest BCUT2D eigenvalue weighted by Gasteiger charge is 2.24. The predicted octanol–water partition coefficient (Wildman–Crippen LogP) is 2.60. The molecule has 0 aliphatic rings. The maximum absolute atomic E-state index is 12.8. The van der Waals surface area contributed by atoms with Crippen LogP contribution in [0.15, 0.2) is 66.9 Å². The Morgan fingerprint density at radius 1 is 1.07 bits per heavy atom. The van der Waals surface area contributed by atoms with E-state index >= 15 is 0 Å². The van der Waals surface area contributed by atoms with E-state index in [1.54, 1.807) is 11.6 Å². The van der Waals surface area contributed by atoms with Gasteiger partial charge in [0.15, 0.2) is 0 Å². The molecule has 1 N–H and O–H groups in total. The molecule has 27 heavy (non-hydrogen) atoms. The van der Waals surface area contributed by atoms with Gasteiger partial charge in [-0.15, -0.1) is 0 Å². The number of imidazole rings is 1. The van der Waals surface area contributed by atoms with Crippen LogP contribution in [0.3, 0.4) is 0 Å². The highest BCUT2D eigenvalue weighted by atomic mass is 16.5. The minimum Gasteiger partial charge on any atom is -0.467 e. The smallest absolute Gasteiger partial charge is 0.328 e. The summed E-state index contributed by atoms with van der Waals surface area (Å²) in [7, 11) is 3.08. The van der Waals surface area contributed by atoms with Crippen LogP contribution < -0.4 is 5.32 Å². The highest BCUT2D eigenvalue weighted by Crippen LogP contribution is 2.18. The zero-order valence-corrected chi connectivity index (χ0v) is 15.3. The van der Waals surface area contributed by atoms with E-state index in [1.807, 2.05) is 60.7 Å². The monoisotopic (exact) mass is 363 g/mol.